The van der Waals surface area contributed by atoms with Gasteiger partial charge in [0.25, 0.3) is 0 Å². The van der Waals surface area contributed by atoms with E-state index in [1.165, 1.54) is 5.56 Å². The Morgan fingerprint density at radius 3 is 2.40 bits per heavy atom. The van der Waals surface area contributed by atoms with Gasteiger partial charge >= 0.3 is 7.60 Å². The Labute approximate surface area is 121 Å². The highest BCUT2D eigenvalue weighted by atomic mass is 31.2. The number of nitrogens with one attached hydrogen (secondary N) is 1. The summed E-state index contributed by atoms with van der Waals surface area (Å²) in [6.45, 7) is 7.25. The first-order valence-corrected chi connectivity index (χ1v) is 8.81. The number of hydrogen-bond acceptors (Lipinski definition) is 4. The van der Waals surface area contributed by atoms with E-state index in [9.17, 15) is 4.57 Å². The molecule has 2 atom stereocenters. The van der Waals surface area contributed by atoms with Gasteiger partial charge < -0.3 is 14.4 Å². The molecule has 0 unspecified atom stereocenters. The number of benzene rings is 1. The van der Waals surface area contributed by atoms with E-state index in [2.05, 4.69) is 17.4 Å². The first-order valence-electron chi connectivity index (χ1n) is 7.26. The van der Waals surface area contributed by atoms with Gasteiger partial charge in [-0.2, -0.15) is 0 Å². The molecule has 4 nitrogen and oxygen atoms in total. The van der Waals surface area contributed by atoms with Crippen LogP contribution in [0.3, 0.4) is 0 Å². The summed E-state index contributed by atoms with van der Waals surface area (Å²) in [5.41, 5.74) is 1.18. The van der Waals surface area contributed by atoms with Gasteiger partial charge in [-0.15, -0.1) is 0 Å². The highest BCUT2D eigenvalue weighted by Gasteiger charge is 2.55. The summed E-state index contributed by atoms with van der Waals surface area (Å²) in [4.78, 5) is 0. The van der Waals surface area contributed by atoms with E-state index in [-0.39, 0.29) is 5.92 Å². The summed E-state index contributed by atoms with van der Waals surface area (Å²) < 4.78 is 24.4. The summed E-state index contributed by atoms with van der Waals surface area (Å²) in [6, 6.07) is 10.2. The number of rotatable bonds is 6. The maximum absolute atomic E-state index is 13.2. The van der Waals surface area contributed by atoms with E-state index in [0.717, 1.165) is 13.0 Å². The molecular weight excluding hydrogens is 273 g/mol. The normalized spacial score (nSPS) is 26.9. The molecule has 0 aromatic heterocycles. The minimum atomic E-state index is -3.21. The molecule has 1 saturated heterocycles. The molecular formula is C15H24NO3P. The second kappa shape index (κ2) is 6.40. The highest BCUT2D eigenvalue weighted by Crippen LogP contribution is 2.65. The molecule has 1 aromatic carbocycles. The largest absolute Gasteiger partial charge is 0.350 e. The highest BCUT2D eigenvalue weighted by molar-refractivity contribution is 7.55. The van der Waals surface area contributed by atoms with Crippen LogP contribution in [0.5, 0.6) is 0 Å². The SMILES string of the molecule is CCOP(=O)(OCC)[C@@]1(C)NCC[C@@H]1c1ccccc1. The fraction of sp³-hybridized carbons (Fsp3) is 0.600. The average molecular weight is 297 g/mol. The molecule has 112 valence electrons. The Morgan fingerprint density at radius 1 is 1.25 bits per heavy atom. The van der Waals surface area contributed by atoms with Crippen molar-refractivity contribution in [3.8, 4) is 0 Å². The molecule has 1 aromatic rings. The Morgan fingerprint density at radius 2 is 1.85 bits per heavy atom. The van der Waals surface area contributed by atoms with Crippen molar-refractivity contribution < 1.29 is 13.6 Å². The Kier molecular flexibility index (Phi) is 5.03. The van der Waals surface area contributed by atoms with Crippen molar-refractivity contribution in [1.82, 2.24) is 5.32 Å². The minimum absolute atomic E-state index is 0.132. The first kappa shape index (κ1) is 15.7. The molecule has 1 N–H and O–H groups in total. The quantitative estimate of drug-likeness (QED) is 0.812. The molecule has 1 aliphatic rings. The van der Waals surface area contributed by atoms with Gasteiger partial charge in [0.2, 0.25) is 0 Å². The van der Waals surface area contributed by atoms with Gasteiger partial charge in [-0.3, -0.25) is 4.57 Å². The molecule has 0 radical (unpaired) electrons. The van der Waals surface area contributed by atoms with E-state index in [1.807, 2.05) is 39.0 Å². The zero-order valence-corrected chi connectivity index (χ0v) is 13.4. The van der Waals surface area contributed by atoms with Gasteiger partial charge in [0.15, 0.2) is 0 Å². The molecule has 1 heterocycles. The maximum Gasteiger partial charge on any atom is 0.350 e. The van der Waals surface area contributed by atoms with Crippen LogP contribution >= 0.6 is 7.60 Å². The Balaban J connectivity index is 2.37. The van der Waals surface area contributed by atoms with Crippen LogP contribution in [-0.4, -0.2) is 25.0 Å². The molecule has 0 saturated carbocycles. The lowest BCUT2D eigenvalue weighted by atomic mass is 9.92. The molecule has 20 heavy (non-hydrogen) atoms. The monoisotopic (exact) mass is 297 g/mol. The Bertz CT molecular complexity index is 469. The zero-order valence-electron chi connectivity index (χ0n) is 12.5. The van der Waals surface area contributed by atoms with Crippen LogP contribution in [0.15, 0.2) is 30.3 Å². The smallest absolute Gasteiger partial charge is 0.308 e. The molecule has 0 bridgehead atoms. The van der Waals surface area contributed by atoms with Crippen molar-refractivity contribution in [2.45, 2.75) is 38.4 Å². The Hall–Kier alpha value is -0.670. The lowest BCUT2D eigenvalue weighted by Crippen LogP contribution is -2.41. The van der Waals surface area contributed by atoms with Crippen LogP contribution < -0.4 is 5.32 Å². The lowest BCUT2D eigenvalue weighted by molar-refractivity contribution is 0.190. The standard InChI is InChI=1S/C15H24NO3P/c1-4-18-20(17,19-5-2)15(3)14(11-12-16-15)13-9-7-6-8-10-13/h6-10,14,16H,4-5,11-12H2,1-3H3/t14-,15-/m1/s1. The average Bonchev–Trinajstić information content (AvgIpc) is 2.84. The van der Waals surface area contributed by atoms with E-state index >= 15 is 0 Å². The van der Waals surface area contributed by atoms with Gasteiger partial charge in [-0.1, -0.05) is 30.3 Å². The topological polar surface area (TPSA) is 47.6 Å². The molecule has 0 spiro atoms. The van der Waals surface area contributed by atoms with Gasteiger partial charge in [0, 0.05) is 5.92 Å². The third kappa shape index (κ3) is 2.71. The van der Waals surface area contributed by atoms with Crippen molar-refractivity contribution in [3.05, 3.63) is 35.9 Å². The molecule has 1 aliphatic heterocycles. The molecule has 0 aliphatic carbocycles. The van der Waals surface area contributed by atoms with Crippen molar-refractivity contribution in [2.24, 2.45) is 0 Å². The van der Waals surface area contributed by atoms with Gasteiger partial charge in [-0.05, 0) is 39.3 Å². The predicted molar refractivity (Wildman–Crippen MR) is 81.1 cm³/mol. The molecule has 1 fully saturated rings. The first-order chi connectivity index (χ1) is 9.57. The van der Waals surface area contributed by atoms with Crippen LogP contribution in [0.25, 0.3) is 0 Å². The summed E-state index contributed by atoms with van der Waals surface area (Å²) >= 11 is 0. The predicted octanol–water partition coefficient (Wildman–Crippen LogP) is 3.75. The summed E-state index contributed by atoms with van der Waals surface area (Å²) in [6.07, 6.45) is 0.935. The fourth-order valence-electron chi connectivity index (χ4n) is 2.98. The van der Waals surface area contributed by atoms with Gasteiger partial charge in [-0.25, -0.2) is 0 Å². The fourth-order valence-corrected chi connectivity index (χ4v) is 5.24. The third-order valence-corrected chi connectivity index (χ3v) is 6.77. The second-order valence-corrected chi connectivity index (χ2v) is 7.60. The van der Waals surface area contributed by atoms with Crippen LogP contribution in [0.1, 0.15) is 38.7 Å². The number of hydrogen-bond donors (Lipinski definition) is 1. The van der Waals surface area contributed by atoms with Crippen LogP contribution in [0.4, 0.5) is 0 Å². The maximum atomic E-state index is 13.2. The van der Waals surface area contributed by atoms with Crippen molar-refractivity contribution in [2.75, 3.05) is 19.8 Å². The van der Waals surface area contributed by atoms with E-state index in [1.54, 1.807) is 0 Å². The summed E-state index contributed by atoms with van der Waals surface area (Å²) in [5, 5.41) is 2.71. The minimum Gasteiger partial charge on any atom is -0.308 e. The summed E-state index contributed by atoms with van der Waals surface area (Å²) in [7, 11) is -3.21. The molecule has 0 amide bonds. The van der Waals surface area contributed by atoms with Gasteiger partial charge in [0.05, 0.1) is 13.2 Å². The van der Waals surface area contributed by atoms with Crippen molar-refractivity contribution in [1.29, 1.82) is 0 Å². The van der Waals surface area contributed by atoms with E-state index < -0.39 is 12.9 Å². The van der Waals surface area contributed by atoms with E-state index in [4.69, 9.17) is 9.05 Å². The lowest BCUT2D eigenvalue weighted by Gasteiger charge is -2.37. The summed E-state index contributed by atoms with van der Waals surface area (Å²) in [5.74, 6) is 0.132. The molecule has 5 heteroatoms. The van der Waals surface area contributed by atoms with Crippen LogP contribution in [-0.2, 0) is 13.6 Å². The van der Waals surface area contributed by atoms with Crippen LogP contribution in [0, 0.1) is 0 Å². The van der Waals surface area contributed by atoms with E-state index in [0.29, 0.717) is 13.2 Å². The molecule has 2 rings (SSSR count). The third-order valence-electron chi connectivity index (χ3n) is 3.96. The van der Waals surface area contributed by atoms with Crippen molar-refractivity contribution >= 4 is 7.60 Å². The van der Waals surface area contributed by atoms with Gasteiger partial charge in [0.1, 0.15) is 5.28 Å². The zero-order chi connectivity index (χ0) is 14.6. The second-order valence-electron chi connectivity index (χ2n) is 5.16. The van der Waals surface area contributed by atoms with Crippen LogP contribution in [0.2, 0.25) is 0 Å². The van der Waals surface area contributed by atoms with Crippen molar-refractivity contribution in [3.63, 3.8) is 0 Å².